The lowest BCUT2D eigenvalue weighted by atomic mass is 10.2. The third-order valence-electron chi connectivity index (χ3n) is 5.42. The second kappa shape index (κ2) is 7.83. The molecule has 2 aromatic heterocycles. The number of para-hydroxylation sites is 1. The predicted molar refractivity (Wildman–Crippen MR) is 110 cm³/mol. The molecule has 0 amide bonds. The average Bonchev–Trinajstić information content (AvgIpc) is 3.36. The lowest BCUT2D eigenvalue weighted by molar-refractivity contribution is -1.02. The number of rotatable bonds is 5. The quantitative estimate of drug-likeness (QED) is 0.540. The van der Waals surface area contributed by atoms with Crippen molar-refractivity contribution < 1.29 is 14.2 Å². The van der Waals surface area contributed by atoms with Gasteiger partial charge >= 0.3 is 0 Å². The number of piperazine rings is 1. The highest BCUT2D eigenvalue weighted by Crippen LogP contribution is 2.21. The van der Waals surface area contributed by atoms with E-state index in [-0.39, 0.29) is 0 Å². The molecule has 0 aliphatic carbocycles. The largest absolute Gasteiger partial charge is 0.435 e. The molecule has 1 fully saturated rings. The van der Waals surface area contributed by atoms with Crippen molar-refractivity contribution >= 4 is 21.6 Å². The van der Waals surface area contributed by atoms with Crippen LogP contribution in [-0.2, 0) is 13.1 Å². The van der Waals surface area contributed by atoms with Gasteiger partial charge in [-0.2, -0.15) is 0 Å². The summed E-state index contributed by atoms with van der Waals surface area (Å²) >= 11 is 1.83. The lowest BCUT2D eigenvalue weighted by Gasteiger charge is -2.28. The number of oxazole rings is 1. The highest BCUT2D eigenvalue weighted by Gasteiger charge is 2.25. The number of quaternary nitrogens is 2. The molecule has 2 aromatic carbocycles. The van der Waals surface area contributed by atoms with Gasteiger partial charge in [0.1, 0.15) is 37.7 Å². The summed E-state index contributed by atoms with van der Waals surface area (Å²) in [5.41, 5.74) is 2.21. The van der Waals surface area contributed by atoms with E-state index in [1.54, 1.807) is 9.80 Å². The highest BCUT2D eigenvalue weighted by atomic mass is 32.1. The number of nitrogens with zero attached hydrogens (tertiary/aromatic N) is 2. The Morgan fingerprint density at radius 3 is 2.36 bits per heavy atom. The van der Waals surface area contributed by atoms with Gasteiger partial charge in [-0.3, -0.25) is 0 Å². The Morgan fingerprint density at radius 2 is 1.57 bits per heavy atom. The highest BCUT2D eigenvalue weighted by molar-refractivity contribution is 7.18. The monoisotopic (exact) mass is 392 g/mol. The van der Waals surface area contributed by atoms with Crippen LogP contribution in [0.4, 0.5) is 0 Å². The molecule has 1 aliphatic rings. The molecule has 5 nitrogen and oxygen atoms in total. The maximum Gasteiger partial charge on any atom is 0.250 e. The van der Waals surface area contributed by atoms with E-state index >= 15 is 0 Å². The van der Waals surface area contributed by atoms with Crippen LogP contribution in [0.1, 0.15) is 10.9 Å². The molecule has 0 unspecified atom stereocenters. The van der Waals surface area contributed by atoms with Gasteiger partial charge in [0.25, 0.3) is 5.89 Å². The zero-order valence-corrected chi connectivity index (χ0v) is 16.5. The fraction of sp³-hybridized carbons (Fsp3) is 0.273. The fourth-order valence-corrected chi connectivity index (χ4v) is 4.90. The Morgan fingerprint density at radius 1 is 0.857 bits per heavy atom. The van der Waals surface area contributed by atoms with Crippen molar-refractivity contribution in [1.29, 1.82) is 0 Å². The Kier molecular flexibility index (Phi) is 4.91. The van der Waals surface area contributed by atoms with E-state index in [1.165, 1.54) is 9.71 Å². The SMILES string of the molecule is c1ccc(-c2cnc(C[NH+]3CC[NH+](Cc4nc5ccccc5s4)CC3)o2)cc1. The Labute approximate surface area is 168 Å². The molecular weight excluding hydrogens is 368 g/mol. The third-order valence-corrected chi connectivity index (χ3v) is 6.45. The van der Waals surface area contributed by atoms with Gasteiger partial charge in [-0.25, -0.2) is 9.97 Å². The molecule has 0 spiro atoms. The van der Waals surface area contributed by atoms with Crippen molar-refractivity contribution in [3.8, 4) is 11.3 Å². The smallest absolute Gasteiger partial charge is 0.250 e. The van der Waals surface area contributed by atoms with Crippen LogP contribution in [0.2, 0.25) is 0 Å². The van der Waals surface area contributed by atoms with Gasteiger partial charge in [0.15, 0.2) is 12.3 Å². The van der Waals surface area contributed by atoms with E-state index < -0.39 is 0 Å². The second-order valence-electron chi connectivity index (χ2n) is 7.41. The van der Waals surface area contributed by atoms with Gasteiger partial charge in [-0.15, -0.1) is 11.3 Å². The molecule has 0 saturated carbocycles. The molecule has 3 heterocycles. The first-order valence-electron chi connectivity index (χ1n) is 9.85. The van der Waals surface area contributed by atoms with E-state index in [0.717, 1.165) is 62.0 Å². The van der Waals surface area contributed by atoms with Crippen molar-refractivity contribution in [1.82, 2.24) is 9.97 Å². The zero-order chi connectivity index (χ0) is 18.8. The standard InChI is InChI=1S/C22H22N4OS/c1-2-6-17(7-3-1)19-14-23-21(27-19)15-25-10-12-26(13-11-25)16-22-24-18-8-4-5-9-20(18)28-22/h1-9,14H,10-13,15-16H2/p+2. The molecule has 142 valence electrons. The molecule has 0 atom stereocenters. The predicted octanol–water partition coefficient (Wildman–Crippen LogP) is 1.43. The molecule has 28 heavy (non-hydrogen) atoms. The summed E-state index contributed by atoms with van der Waals surface area (Å²) in [6.07, 6.45) is 1.85. The Balaban J connectivity index is 1.16. The molecule has 0 bridgehead atoms. The summed E-state index contributed by atoms with van der Waals surface area (Å²) in [6.45, 7) is 6.51. The van der Waals surface area contributed by atoms with E-state index in [2.05, 4.69) is 41.4 Å². The van der Waals surface area contributed by atoms with Crippen molar-refractivity contribution in [3.63, 3.8) is 0 Å². The molecule has 6 heteroatoms. The number of hydrogen-bond acceptors (Lipinski definition) is 4. The maximum atomic E-state index is 5.98. The van der Waals surface area contributed by atoms with Crippen molar-refractivity contribution in [3.05, 3.63) is 71.7 Å². The van der Waals surface area contributed by atoms with E-state index in [0.29, 0.717) is 0 Å². The minimum absolute atomic E-state index is 0.837. The Hall–Kier alpha value is -2.54. The number of thiazole rings is 1. The van der Waals surface area contributed by atoms with Crippen molar-refractivity contribution in [2.24, 2.45) is 0 Å². The number of nitrogens with one attached hydrogen (secondary N) is 2. The van der Waals surface area contributed by atoms with Crippen LogP contribution in [-0.4, -0.2) is 36.1 Å². The number of fused-ring (bicyclic) bond motifs is 1. The van der Waals surface area contributed by atoms with Crippen molar-refractivity contribution in [2.75, 3.05) is 26.2 Å². The fourth-order valence-electron chi connectivity index (χ4n) is 3.86. The summed E-state index contributed by atoms with van der Waals surface area (Å²) in [5, 5.41) is 1.25. The second-order valence-corrected chi connectivity index (χ2v) is 8.53. The molecule has 4 aromatic rings. The molecule has 5 rings (SSSR count). The normalized spacial score (nSPS) is 19.9. The number of benzene rings is 2. The van der Waals surface area contributed by atoms with E-state index in [4.69, 9.17) is 9.40 Å². The van der Waals surface area contributed by atoms with E-state index in [9.17, 15) is 0 Å². The van der Waals surface area contributed by atoms with Crippen LogP contribution < -0.4 is 9.80 Å². The summed E-state index contributed by atoms with van der Waals surface area (Å²) in [6, 6.07) is 18.6. The first-order chi connectivity index (χ1) is 13.8. The molecular formula is C22H24N4OS+2. The molecule has 1 aliphatic heterocycles. The average molecular weight is 393 g/mol. The topological polar surface area (TPSA) is 47.8 Å². The van der Waals surface area contributed by atoms with Gasteiger partial charge in [-0.05, 0) is 12.1 Å². The van der Waals surface area contributed by atoms with Gasteiger partial charge in [0, 0.05) is 5.56 Å². The summed E-state index contributed by atoms with van der Waals surface area (Å²) < 4.78 is 7.27. The van der Waals surface area contributed by atoms with Crippen molar-refractivity contribution in [2.45, 2.75) is 13.1 Å². The first kappa shape index (κ1) is 17.6. The molecule has 0 radical (unpaired) electrons. The molecule has 1 saturated heterocycles. The van der Waals surface area contributed by atoms with Gasteiger partial charge < -0.3 is 14.2 Å². The van der Waals surface area contributed by atoms with Gasteiger partial charge in [0.2, 0.25) is 0 Å². The van der Waals surface area contributed by atoms with Crippen LogP contribution in [0.25, 0.3) is 21.5 Å². The minimum atomic E-state index is 0.837. The third kappa shape index (κ3) is 3.85. The Bertz CT molecular complexity index is 1020. The summed E-state index contributed by atoms with van der Waals surface area (Å²) in [4.78, 5) is 12.5. The van der Waals surface area contributed by atoms with Crippen LogP contribution in [0, 0.1) is 0 Å². The van der Waals surface area contributed by atoms with Crippen LogP contribution in [0.5, 0.6) is 0 Å². The number of hydrogen-bond donors (Lipinski definition) is 2. The first-order valence-corrected chi connectivity index (χ1v) is 10.7. The number of aromatic nitrogens is 2. The summed E-state index contributed by atoms with van der Waals surface area (Å²) in [7, 11) is 0. The molecule has 2 N–H and O–H groups in total. The van der Waals surface area contributed by atoms with E-state index in [1.807, 2.05) is 35.7 Å². The summed E-state index contributed by atoms with van der Waals surface area (Å²) in [5.74, 6) is 1.69. The van der Waals surface area contributed by atoms with Gasteiger partial charge in [0.05, 0.1) is 16.4 Å². The van der Waals surface area contributed by atoms with Crippen LogP contribution in [0.3, 0.4) is 0 Å². The maximum absolute atomic E-state index is 5.98. The van der Waals surface area contributed by atoms with Crippen LogP contribution >= 0.6 is 11.3 Å². The lowest BCUT2D eigenvalue weighted by Crippen LogP contribution is -3.27. The van der Waals surface area contributed by atoms with Gasteiger partial charge in [-0.1, -0.05) is 42.5 Å². The zero-order valence-electron chi connectivity index (χ0n) is 15.7. The van der Waals surface area contributed by atoms with Crippen LogP contribution in [0.15, 0.2) is 65.2 Å². The minimum Gasteiger partial charge on any atom is -0.435 e.